The largest absolute Gasteiger partial charge is 0.353 e. The second-order valence-electron chi connectivity index (χ2n) is 4.12. The van der Waals surface area contributed by atoms with Crippen LogP contribution in [0.4, 0.5) is 5.82 Å². The van der Waals surface area contributed by atoms with Crippen LogP contribution in [0.25, 0.3) is 0 Å². The van der Waals surface area contributed by atoms with Crippen molar-refractivity contribution < 1.29 is 0 Å². The standard InChI is InChI=1S/C14H23N3/c1-4-7-17(8-5-2)14-10-12(11-15)9-13(6-3)16-14/h4,9-10H,1,5-8,11,15H2,2-3H3. The van der Waals surface area contributed by atoms with Crippen LogP contribution in [0.1, 0.15) is 31.5 Å². The maximum Gasteiger partial charge on any atom is 0.129 e. The van der Waals surface area contributed by atoms with Gasteiger partial charge in [0.15, 0.2) is 0 Å². The zero-order valence-electron chi connectivity index (χ0n) is 10.9. The molecule has 0 unspecified atom stereocenters. The third-order valence-electron chi connectivity index (χ3n) is 2.69. The number of anilines is 1. The van der Waals surface area contributed by atoms with Gasteiger partial charge in [-0.2, -0.15) is 0 Å². The molecule has 0 spiro atoms. The number of aryl methyl sites for hydroxylation is 1. The highest BCUT2D eigenvalue weighted by Gasteiger charge is 2.07. The number of pyridine rings is 1. The molecule has 0 amide bonds. The molecule has 0 aliphatic heterocycles. The molecule has 0 aliphatic rings. The van der Waals surface area contributed by atoms with Crippen molar-refractivity contribution >= 4 is 5.82 Å². The summed E-state index contributed by atoms with van der Waals surface area (Å²) in [7, 11) is 0. The van der Waals surface area contributed by atoms with Gasteiger partial charge in [-0.3, -0.25) is 0 Å². The molecular formula is C14H23N3. The molecule has 0 atom stereocenters. The summed E-state index contributed by atoms with van der Waals surface area (Å²) in [6, 6.07) is 4.17. The number of rotatable bonds is 7. The summed E-state index contributed by atoms with van der Waals surface area (Å²) in [5.74, 6) is 1.02. The Bertz CT molecular complexity index is 338. The van der Waals surface area contributed by atoms with Crippen molar-refractivity contribution in [1.82, 2.24) is 4.98 Å². The number of nitrogens with zero attached hydrogens (tertiary/aromatic N) is 2. The van der Waals surface area contributed by atoms with Crippen LogP contribution in [0.2, 0.25) is 0 Å². The highest BCUT2D eigenvalue weighted by atomic mass is 15.2. The van der Waals surface area contributed by atoms with Gasteiger partial charge in [0.1, 0.15) is 5.82 Å². The molecule has 0 aliphatic carbocycles. The molecule has 1 aromatic heterocycles. The van der Waals surface area contributed by atoms with E-state index < -0.39 is 0 Å². The molecule has 3 heteroatoms. The molecule has 0 bridgehead atoms. The minimum Gasteiger partial charge on any atom is -0.353 e. The maximum atomic E-state index is 5.72. The fraction of sp³-hybridized carbons (Fsp3) is 0.500. The van der Waals surface area contributed by atoms with Crippen molar-refractivity contribution in [2.45, 2.75) is 33.2 Å². The Kier molecular flexibility index (Phi) is 5.70. The summed E-state index contributed by atoms with van der Waals surface area (Å²) >= 11 is 0. The zero-order valence-corrected chi connectivity index (χ0v) is 10.9. The Morgan fingerprint density at radius 3 is 2.71 bits per heavy atom. The van der Waals surface area contributed by atoms with E-state index in [2.05, 4.69) is 42.4 Å². The van der Waals surface area contributed by atoms with Crippen molar-refractivity contribution in [3.8, 4) is 0 Å². The summed E-state index contributed by atoms with van der Waals surface area (Å²) in [5.41, 5.74) is 7.98. The highest BCUT2D eigenvalue weighted by Crippen LogP contribution is 2.16. The van der Waals surface area contributed by atoms with Crippen LogP contribution in [-0.4, -0.2) is 18.1 Å². The number of hydrogen-bond acceptors (Lipinski definition) is 3. The lowest BCUT2D eigenvalue weighted by atomic mass is 10.2. The first-order valence-electron chi connectivity index (χ1n) is 6.30. The Morgan fingerprint density at radius 1 is 1.41 bits per heavy atom. The van der Waals surface area contributed by atoms with Crippen molar-refractivity contribution in [2.24, 2.45) is 5.73 Å². The van der Waals surface area contributed by atoms with Crippen LogP contribution >= 0.6 is 0 Å². The maximum absolute atomic E-state index is 5.72. The lowest BCUT2D eigenvalue weighted by Crippen LogP contribution is -2.25. The van der Waals surface area contributed by atoms with E-state index in [0.717, 1.165) is 43.0 Å². The van der Waals surface area contributed by atoms with Crippen LogP contribution in [0, 0.1) is 0 Å². The van der Waals surface area contributed by atoms with E-state index in [9.17, 15) is 0 Å². The van der Waals surface area contributed by atoms with E-state index in [0.29, 0.717) is 6.54 Å². The number of nitrogens with two attached hydrogens (primary N) is 1. The molecule has 3 nitrogen and oxygen atoms in total. The van der Waals surface area contributed by atoms with E-state index in [1.54, 1.807) is 0 Å². The average molecular weight is 233 g/mol. The quantitative estimate of drug-likeness (QED) is 0.736. The van der Waals surface area contributed by atoms with E-state index in [4.69, 9.17) is 5.73 Å². The molecular weight excluding hydrogens is 210 g/mol. The lowest BCUT2D eigenvalue weighted by molar-refractivity contribution is 0.794. The summed E-state index contributed by atoms with van der Waals surface area (Å²) in [6.45, 7) is 10.5. The Morgan fingerprint density at radius 2 is 2.18 bits per heavy atom. The second-order valence-corrected chi connectivity index (χ2v) is 4.12. The fourth-order valence-electron chi connectivity index (χ4n) is 1.82. The van der Waals surface area contributed by atoms with E-state index in [1.807, 2.05) is 6.08 Å². The summed E-state index contributed by atoms with van der Waals surface area (Å²) < 4.78 is 0. The predicted molar refractivity (Wildman–Crippen MR) is 74.2 cm³/mol. The van der Waals surface area contributed by atoms with Gasteiger partial charge in [0.2, 0.25) is 0 Å². The molecule has 1 rings (SSSR count). The monoisotopic (exact) mass is 233 g/mol. The number of hydrogen-bond donors (Lipinski definition) is 1. The first kappa shape index (κ1) is 13.7. The molecule has 0 saturated carbocycles. The summed E-state index contributed by atoms with van der Waals surface area (Å²) in [4.78, 5) is 6.90. The molecule has 1 aromatic rings. The predicted octanol–water partition coefficient (Wildman–Crippen LogP) is 2.51. The normalized spacial score (nSPS) is 10.3. The van der Waals surface area contributed by atoms with Crippen LogP contribution in [0.3, 0.4) is 0 Å². The smallest absolute Gasteiger partial charge is 0.129 e. The van der Waals surface area contributed by atoms with Crippen LogP contribution in [-0.2, 0) is 13.0 Å². The third kappa shape index (κ3) is 3.86. The number of aromatic nitrogens is 1. The van der Waals surface area contributed by atoms with Gasteiger partial charge in [0, 0.05) is 25.3 Å². The van der Waals surface area contributed by atoms with Gasteiger partial charge in [-0.25, -0.2) is 4.98 Å². The first-order valence-corrected chi connectivity index (χ1v) is 6.30. The molecule has 1 heterocycles. The van der Waals surface area contributed by atoms with Gasteiger partial charge in [-0.05, 0) is 30.5 Å². The lowest BCUT2D eigenvalue weighted by Gasteiger charge is -2.22. The summed E-state index contributed by atoms with van der Waals surface area (Å²) in [6.07, 6.45) is 3.96. The van der Waals surface area contributed by atoms with Gasteiger partial charge in [0.05, 0.1) is 0 Å². The summed E-state index contributed by atoms with van der Waals surface area (Å²) in [5, 5.41) is 0. The molecule has 0 fully saturated rings. The van der Waals surface area contributed by atoms with Gasteiger partial charge in [0.25, 0.3) is 0 Å². The minimum absolute atomic E-state index is 0.566. The van der Waals surface area contributed by atoms with Gasteiger partial charge in [-0.15, -0.1) is 6.58 Å². The SMILES string of the molecule is C=CCN(CCC)c1cc(CN)cc(CC)n1. The third-order valence-corrected chi connectivity index (χ3v) is 2.69. The topological polar surface area (TPSA) is 42.1 Å². The molecule has 0 aromatic carbocycles. The average Bonchev–Trinajstić information content (AvgIpc) is 2.37. The highest BCUT2D eigenvalue weighted by molar-refractivity contribution is 5.43. The Labute approximate surface area is 104 Å². The van der Waals surface area contributed by atoms with Gasteiger partial charge < -0.3 is 10.6 Å². The first-order chi connectivity index (χ1) is 8.24. The van der Waals surface area contributed by atoms with Crippen LogP contribution in [0.15, 0.2) is 24.8 Å². The molecule has 0 saturated heterocycles. The van der Waals surface area contributed by atoms with Gasteiger partial charge in [-0.1, -0.05) is 19.9 Å². The second kappa shape index (κ2) is 7.07. The molecule has 2 N–H and O–H groups in total. The van der Waals surface area contributed by atoms with Crippen LogP contribution in [0.5, 0.6) is 0 Å². The van der Waals surface area contributed by atoms with Crippen molar-refractivity contribution in [3.05, 3.63) is 36.0 Å². The molecule has 17 heavy (non-hydrogen) atoms. The van der Waals surface area contributed by atoms with Crippen molar-refractivity contribution in [1.29, 1.82) is 0 Å². The molecule has 0 radical (unpaired) electrons. The van der Waals surface area contributed by atoms with E-state index in [1.165, 1.54) is 0 Å². The van der Waals surface area contributed by atoms with Gasteiger partial charge >= 0.3 is 0 Å². The Balaban J connectivity index is 3.03. The zero-order chi connectivity index (χ0) is 12.7. The van der Waals surface area contributed by atoms with Crippen LogP contribution < -0.4 is 10.6 Å². The minimum atomic E-state index is 0.566. The molecule has 94 valence electrons. The Hall–Kier alpha value is -1.35. The van der Waals surface area contributed by atoms with E-state index >= 15 is 0 Å². The fourth-order valence-corrected chi connectivity index (χ4v) is 1.82. The van der Waals surface area contributed by atoms with E-state index in [-0.39, 0.29) is 0 Å². The van der Waals surface area contributed by atoms with Crippen molar-refractivity contribution in [3.63, 3.8) is 0 Å². The van der Waals surface area contributed by atoms with Crippen molar-refractivity contribution in [2.75, 3.05) is 18.0 Å².